The molecule has 0 saturated carbocycles. The van der Waals surface area contributed by atoms with Crippen molar-refractivity contribution in [2.24, 2.45) is 0 Å². The van der Waals surface area contributed by atoms with Crippen LogP contribution >= 0.6 is 0 Å². The van der Waals surface area contributed by atoms with Crippen molar-refractivity contribution >= 4 is 17.3 Å². The van der Waals surface area contributed by atoms with Crippen molar-refractivity contribution in [2.75, 3.05) is 29.9 Å². The Balaban J connectivity index is 1.78. The van der Waals surface area contributed by atoms with E-state index in [0.29, 0.717) is 19.5 Å². The minimum absolute atomic E-state index is 0.0433. The normalized spacial score (nSPS) is 10.4. The Hall–Kier alpha value is -2.56. The van der Waals surface area contributed by atoms with Crippen LogP contribution in [-0.4, -0.2) is 30.5 Å². The van der Waals surface area contributed by atoms with Gasteiger partial charge in [-0.05, 0) is 62.2 Å². The molecule has 5 nitrogen and oxygen atoms in total. The van der Waals surface area contributed by atoms with Crippen LogP contribution < -0.4 is 15.5 Å². The van der Waals surface area contributed by atoms with E-state index in [4.69, 9.17) is 0 Å². The van der Waals surface area contributed by atoms with Crippen molar-refractivity contribution in [3.05, 3.63) is 53.9 Å². The van der Waals surface area contributed by atoms with E-state index >= 15 is 0 Å². The fourth-order valence-electron chi connectivity index (χ4n) is 2.73. The van der Waals surface area contributed by atoms with Gasteiger partial charge in [-0.2, -0.15) is 0 Å². The number of benzene rings is 1. The van der Waals surface area contributed by atoms with Gasteiger partial charge in [0.2, 0.25) is 5.91 Å². The van der Waals surface area contributed by atoms with E-state index in [2.05, 4.69) is 59.5 Å². The lowest BCUT2D eigenvalue weighted by atomic mass is 10.1. The Bertz CT molecular complexity index is 669. The highest BCUT2D eigenvalue weighted by Crippen LogP contribution is 2.22. The van der Waals surface area contributed by atoms with E-state index in [1.54, 1.807) is 12.4 Å². The van der Waals surface area contributed by atoms with E-state index in [-0.39, 0.29) is 5.91 Å². The summed E-state index contributed by atoms with van der Waals surface area (Å²) in [5.41, 5.74) is 4.57. The average Bonchev–Trinajstić information content (AvgIpc) is 2.63. The SMILES string of the molecule is CCN(CC)c1ccc(NCCC(=O)NCc2ccncc2)c(C)c1. The summed E-state index contributed by atoms with van der Waals surface area (Å²) >= 11 is 0. The second-order valence-electron chi connectivity index (χ2n) is 5.98. The van der Waals surface area contributed by atoms with E-state index in [1.807, 2.05) is 12.1 Å². The van der Waals surface area contributed by atoms with E-state index in [0.717, 1.165) is 24.3 Å². The number of hydrogen-bond acceptors (Lipinski definition) is 4. The molecule has 2 aromatic rings. The van der Waals surface area contributed by atoms with Gasteiger partial charge >= 0.3 is 0 Å². The van der Waals surface area contributed by atoms with Crippen molar-refractivity contribution in [3.63, 3.8) is 0 Å². The van der Waals surface area contributed by atoms with Crippen LogP contribution in [0.4, 0.5) is 11.4 Å². The maximum atomic E-state index is 11.9. The first-order chi connectivity index (χ1) is 12.1. The molecule has 0 bridgehead atoms. The summed E-state index contributed by atoms with van der Waals surface area (Å²) in [5, 5.41) is 6.28. The highest BCUT2D eigenvalue weighted by atomic mass is 16.1. The molecule has 1 aromatic carbocycles. The molecule has 0 radical (unpaired) electrons. The molecule has 25 heavy (non-hydrogen) atoms. The third kappa shape index (κ3) is 5.78. The Morgan fingerprint density at radius 1 is 1.12 bits per heavy atom. The number of amides is 1. The highest BCUT2D eigenvalue weighted by molar-refractivity contribution is 5.76. The van der Waals surface area contributed by atoms with Crippen molar-refractivity contribution in [3.8, 4) is 0 Å². The molecule has 1 aromatic heterocycles. The Labute approximate surface area is 150 Å². The van der Waals surface area contributed by atoms with Gasteiger partial charge in [-0.15, -0.1) is 0 Å². The zero-order valence-corrected chi connectivity index (χ0v) is 15.4. The van der Waals surface area contributed by atoms with Crippen LogP contribution in [0, 0.1) is 6.92 Å². The fourth-order valence-corrected chi connectivity index (χ4v) is 2.73. The molecule has 0 atom stereocenters. The molecule has 2 rings (SSSR count). The highest BCUT2D eigenvalue weighted by Gasteiger charge is 2.06. The molecule has 2 N–H and O–H groups in total. The summed E-state index contributed by atoms with van der Waals surface area (Å²) < 4.78 is 0. The fraction of sp³-hybridized carbons (Fsp3) is 0.400. The van der Waals surface area contributed by atoms with Crippen LogP contribution in [0.25, 0.3) is 0 Å². The average molecular weight is 340 g/mol. The number of pyridine rings is 1. The van der Waals surface area contributed by atoms with Gasteiger partial charge in [0.15, 0.2) is 0 Å². The van der Waals surface area contributed by atoms with Crippen LogP contribution in [-0.2, 0) is 11.3 Å². The third-order valence-electron chi connectivity index (χ3n) is 4.25. The molecule has 1 heterocycles. The predicted octanol–water partition coefficient (Wildman–Crippen LogP) is 3.35. The largest absolute Gasteiger partial charge is 0.384 e. The molecule has 0 fully saturated rings. The first kappa shape index (κ1) is 18.8. The van der Waals surface area contributed by atoms with Crippen LogP contribution in [0.5, 0.6) is 0 Å². The van der Waals surface area contributed by atoms with Crippen molar-refractivity contribution < 1.29 is 4.79 Å². The molecule has 0 aliphatic heterocycles. The molecular weight excluding hydrogens is 312 g/mol. The molecule has 0 saturated heterocycles. The number of rotatable bonds is 9. The van der Waals surface area contributed by atoms with Crippen molar-refractivity contribution in [2.45, 2.75) is 33.7 Å². The Morgan fingerprint density at radius 2 is 1.84 bits per heavy atom. The summed E-state index contributed by atoms with van der Waals surface area (Å²) in [4.78, 5) is 18.2. The van der Waals surface area contributed by atoms with Crippen LogP contribution in [0.3, 0.4) is 0 Å². The molecule has 0 spiro atoms. The quantitative estimate of drug-likeness (QED) is 0.735. The van der Waals surface area contributed by atoms with Crippen LogP contribution in [0.15, 0.2) is 42.7 Å². The first-order valence-corrected chi connectivity index (χ1v) is 8.89. The number of hydrogen-bond donors (Lipinski definition) is 2. The second kappa shape index (κ2) is 9.67. The molecule has 0 unspecified atom stereocenters. The zero-order valence-electron chi connectivity index (χ0n) is 15.4. The Morgan fingerprint density at radius 3 is 2.48 bits per heavy atom. The molecule has 5 heteroatoms. The predicted molar refractivity (Wildman–Crippen MR) is 104 cm³/mol. The number of anilines is 2. The number of nitrogens with zero attached hydrogens (tertiary/aromatic N) is 2. The maximum Gasteiger partial charge on any atom is 0.222 e. The van der Waals surface area contributed by atoms with Crippen LogP contribution in [0.1, 0.15) is 31.4 Å². The third-order valence-corrected chi connectivity index (χ3v) is 4.25. The maximum absolute atomic E-state index is 11.9. The lowest BCUT2D eigenvalue weighted by Crippen LogP contribution is -2.25. The minimum Gasteiger partial charge on any atom is -0.384 e. The summed E-state index contributed by atoms with van der Waals surface area (Å²) in [5.74, 6) is 0.0433. The summed E-state index contributed by atoms with van der Waals surface area (Å²) in [6.07, 6.45) is 3.91. The van der Waals surface area contributed by atoms with E-state index in [9.17, 15) is 4.79 Å². The van der Waals surface area contributed by atoms with Gasteiger partial charge in [-0.1, -0.05) is 0 Å². The summed E-state index contributed by atoms with van der Waals surface area (Å²) in [6.45, 7) is 9.58. The zero-order chi connectivity index (χ0) is 18.1. The van der Waals surface area contributed by atoms with E-state index in [1.165, 1.54) is 11.3 Å². The number of aryl methyl sites for hydroxylation is 1. The molecule has 0 aliphatic rings. The number of nitrogens with one attached hydrogen (secondary N) is 2. The molecule has 134 valence electrons. The lowest BCUT2D eigenvalue weighted by molar-refractivity contribution is -0.121. The topological polar surface area (TPSA) is 57.3 Å². The van der Waals surface area contributed by atoms with Crippen molar-refractivity contribution in [1.82, 2.24) is 10.3 Å². The number of carbonyl (C=O) groups excluding carboxylic acids is 1. The lowest BCUT2D eigenvalue weighted by Gasteiger charge is -2.22. The van der Waals surface area contributed by atoms with E-state index < -0.39 is 0 Å². The van der Waals surface area contributed by atoms with Gasteiger partial charge in [0.05, 0.1) is 0 Å². The number of carbonyl (C=O) groups is 1. The summed E-state index contributed by atoms with van der Waals surface area (Å²) in [6, 6.07) is 10.2. The standard InChI is InChI=1S/C20H28N4O/c1-4-24(5-2)18-6-7-19(16(3)14-18)22-13-10-20(25)23-15-17-8-11-21-12-9-17/h6-9,11-12,14,22H,4-5,10,13,15H2,1-3H3,(H,23,25). The van der Waals surface area contributed by atoms with Gasteiger partial charge in [0.1, 0.15) is 0 Å². The van der Waals surface area contributed by atoms with Gasteiger partial charge in [0, 0.05) is 56.4 Å². The molecule has 0 aliphatic carbocycles. The monoisotopic (exact) mass is 340 g/mol. The van der Waals surface area contributed by atoms with Gasteiger partial charge in [-0.25, -0.2) is 0 Å². The summed E-state index contributed by atoms with van der Waals surface area (Å²) in [7, 11) is 0. The van der Waals surface area contributed by atoms with Gasteiger partial charge in [0.25, 0.3) is 0 Å². The van der Waals surface area contributed by atoms with Crippen LogP contribution in [0.2, 0.25) is 0 Å². The van der Waals surface area contributed by atoms with Gasteiger partial charge < -0.3 is 15.5 Å². The van der Waals surface area contributed by atoms with Crippen molar-refractivity contribution in [1.29, 1.82) is 0 Å². The second-order valence-corrected chi connectivity index (χ2v) is 5.98. The molecular formula is C20H28N4O. The number of aromatic nitrogens is 1. The Kier molecular flexibility index (Phi) is 7.26. The smallest absolute Gasteiger partial charge is 0.222 e. The van der Waals surface area contributed by atoms with Gasteiger partial charge in [-0.3, -0.25) is 9.78 Å². The molecule has 1 amide bonds. The minimum atomic E-state index is 0.0433. The first-order valence-electron chi connectivity index (χ1n) is 8.89.